The van der Waals surface area contributed by atoms with Crippen LogP contribution in [0.1, 0.15) is 39.5 Å². The van der Waals surface area contributed by atoms with Gasteiger partial charge in [-0.2, -0.15) is 0 Å². The first-order valence-electron chi connectivity index (χ1n) is 5.04. The highest BCUT2D eigenvalue weighted by molar-refractivity contribution is 4.95. The zero-order chi connectivity index (χ0) is 11.2. The second-order valence-corrected chi connectivity index (χ2v) is 4.20. The minimum atomic E-state index is -1.07. The maximum atomic E-state index is 10.1. The highest BCUT2D eigenvalue weighted by Crippen LogP contribution is 2.30. The molecule has 0 aromatic rings. The van der Waals surface area contributed by atoms with Crippen LogP contribution in [0.3, 0.4) is 0 Å². The molecule has 0 saturated carbocycles. The summed E-state index contributed by atoms with van der Waals surface area (Å²) < 4.78 is 0. The molecule has 0 fully saturated rings. The van der Waals surface area contributed by atoms with E-state index in [2.05, 4.69) is 13.2 Å². The van der Waals surface area contributed by atoms with Gasteiger partial charge in [-0.25, -0.2) is 0 Å². The Hall–Kier alpha value is -0.600. The van der Waals surface area contributed by atoms with Crippen molar-refractivity contribution < 1.29 is 10.2 Å². The van der Waals surface area contributed by atoms with Crippen molar-refractivity contribution in [3.63, 3.8) is 0 Å². The van der Waals surface area contributed by atoms with Gasteiger partial charge in [0.25, 0.3) is 0 Å². The molecule has 0 rings (SSSR count). The highest BCUT2D eigenvalue weighted by Gasteiger charge is 2.39. The molecule has 0 radical (unpaired) electrons. The predicted octanol–water partition coefficient (Wildman–Crippen LogP) is 2.42. The number of hydrogen-bond donors (Lipinski definition) is 2. The Morgan fingerprint density at radius 2 is 1.21 bits per heavy atom. The van der Waals surface area contributed by atoms with Gasteiger partial charge in [0.15, 0.2) is 0 Å². The largest absolute Gasteiger partial charge is 0.387 e. The molecule has 2 nitrogen and oxygen atoms in total. The minimum absolute atomic E-state index is 0.528. The van der Waals surface area contributed by atoms with Crippen LogP contribution in [0.25, 0.3) is 0 Å². The van der Waals surface area contributed by atoms with Crippen LogP contribution >= 0.6 is 0 Å². The van der Waals surface area contributed by atoms with E-state index in [1.807, 2.05) is 0 Å². The Kier molecular flexibility index (Phi) is 5.09. The summed E-state index contributed by atoms with van der Waals surface area (Å²) in [6.45, 7) is 10.5. The second-order valence-electron chi connectivity index (χ2n) is 4.20. The van der Waals surface area contributed by atoms with E-state index in [0.29, 0.717) is 25.7 Å². The van der Waals surface area contributed by atoms with Gasteiger partial charge in [0.2, 0.25) is 0 Å². The molecule has 0 aromatic carbocycles. The second kappa shape index (κ2) is 5.32. The molecule has 0 amide bonds. The first-order chi connectivity index (χ1) is 6.37. The number of hydrogen-bond acceptors (Lipinski definition) is 2. The van der Waals surface area contributed by atoms with Crippen LogP contribution in [0.4, 0.5) is 0 Å². The molecule has 14 heavy (non-hydrogen) atoms. The predicted molar refractivity (Wildman–Crippen MR) is 60.1 cm³/mol. The van der Waals surface area contributed by atoms with E-state index < -0.39 is 11.2 Å². The Labute approximate surface area is 87.0 Å². The van der Waals surface area contributed by atoms with E-state index in [0.717, 1.165) is 0 Å². The van der Waals surface area contributed by atoms with Crippen LogP contribution in [0.15, 0.2) is 25.3 Å². The van der Waals surface area contributed by atoms with Crippen molar-refractivity contribution >= 4 is 0 Å². The van der Waals surface area contributed by atoms with Gasteiger partial charge in [-0.15, -0.1) is 13.2 Å². The third kappa shape index (κ3) is 3.64. The van der Waals surface area contributed by atoms with Crippen LogP contribution in [0.2, 0.25) is 0 Å². The van der Waals surface area contributed by atoms with Crippen molar-refractivity contribution in [1.29, 1.82) is 0 Å². The molecular weight excluding hydrogens is 176 g/mol. The number of rotatable bonds is 7. The summed E-state index contributed by atoms with van der Waals surface area (Å²) in [7, 11) is 0. The lowest BCUT2D eigenvalue weighted by Crippen LogP contribution is -2.49. The fourth-order valence-electron chi connectivity index (χ4n) is 1.30. The molecule has 82 valence electrons. The van der Waals surface area contributed by atoms with E-state index in [1.54, 1.807) is 26.0 Å². The SMILES string of the molecule is C=CCCC(C)(O)C(C)(O)CCC=C. The quantitative estimate of drug-likeness (QED) is 0.617. The Morgan fingerprint density at radius 3 is 1.43 bits per heavy atom. The summed E-state index contributed by atoms with van der Waals surface area (Å²) in [4.78, 5) is 0. The highest BCUT2D eigenvalue weighted by atomic mass is 16.4. The fraction of sp³-hybridized carbons (Fsp3) is 0.667. The molecule has 2 N–H and O–H groups in total. The van der Waals surface area contributed by atoms with Crippen molar-refractivity contribution in [3.05, 3.63) is 25.3 Å². The monoisotopic (exact) mass is 198 g/mol. The van der Waals surface area contributed by atoms with Crippen LogP contribution in [-0.4, -0.2) is 21.4 Å². The molecule has 0 aliphatic rings. The van der Waals surface area contributed by atoms with Crippen LogP contribution in [0.5, 0.6) is 0 Å². The lowest BCUT2D eigenvalue weighted by atomic mass is 9.79. The fourth-order valence-corrected chi connectivity index (χ4v) is 1.30. The maximum absolute atomic E-state index is 10.1. The molecule has 0 spiro atoms. The van der Waals surface area contributed by atoms with Gasteiger partial charge in [-0.1, -0.05) is 12.2 Å². The summed E-state index contributed by atoms with van der Waals surface area (Å²) in [6.07, 6.45) is 5.96. The zero-order valence-electron chi connectivity index (χ0n) is 9.29. The van der Waals surface area contributed by atoms with Crippen LogP contribution < -0.4 is 0 Å². The van der Waals surface area contributed by atoms with Gasteiger partial charge in [0.1, 0.15) is 0 Å². The third-order valence-corrected chi connectivity index (χ3v) is 2.83. The van der Waals surface area contributed by atoms with Crippen molar-refractivity contribution in [3.8, 4) is 0 Å². The summed E-state index contributed by atoms with van der Waals surface area (Å²) in [5.74, 6) is 0. The molecule has 0 aromatic heterocycles. The van der Waals surface area contributed by atoms with E-state index in [-0.39, 0.29) is 0 Å². The Bertz CT molecular complexity index is 170. The van der Waals surface area contributed by atoms with E-state index in [9.17, 15) is 10.2 Å². The first kappa shape index (κ1) is 13.4. The lowest BCUT2D eigenvalue weighted by Gasteiger charge is -2.38. The summed E-state index contributed by atoms with van der Waals surface area (Å²) in [5, 5.41) is 20.1. The normalized spacial score (nSPS) is 19.4. The first-order valence-corrected chi connectivity index (χ1v) is 5.04. The average molecular weight is 198 g/mol. The maximum Gasteiger partial charge on any atom is 0.0905 e. The molecule has 0 aliphatic carbocycles. The summed E-state index contributed by atoms with van der Waals surface area (Å²) in [5.41, 5.74) is -2.13. The van der Waals surface area contributed by atoms with Gasteiger partial charge >= 0.3 is 0 Å². The van der Waals surface area contributed by atoms with Gasteiger partial charge in [0.05, 0.1) is 11.2 Å². The average Bonchev–Trinajstić information content (AvgIpc) is 2.11. The molecule has 0 heterocycles. The molecule has 2 heteroatoms. The van der Waals surface area contributed by atoms with Gasteiger partial charge < -0.3 is 10.2 Å². The van der Waals surface area contributed by atoms with Gasteiger partial charge in [-0.05, 0) is 39.5 Å². The van der Waals surface area contributed by atoms with Crippen LogP contribution in [0, 0.1) is 0 Å². The topological polar surface area (TPSA) is 40.5 Å². The van der Waals surface area contributed by atoms with Crippen molar-refractivity contribution in [2.24, 2.45) is 0 Å². The van der Waals surface area contributed by atoms with E-state index in [1.165, 1.54) is 0 Å². The smallest absolute Gasteiger partial charge is 0.0905 e. The van der Waals surface area contributed by atoms with E-state index >= 15 is 0 Å². The van der Waals surface area contributed by atoms with Crippen LogP contribution in [-0.2, 0) is 0 Å². The van der Waals surface area contributed by atoms with Gasteiger partial charge in [0, 0.05) is 0 Å². The van der Waals surface area contributed by atoms with Crippen molar-refractivity contribution in [2.45, 2.75) is 50.7 Å². The number of aliphatic hydroxyl groups is 2. The number of allylic oxidation sites excluding steroid dienone is 2. The lowest BCUT2D eigenvalue weighted by molar-refractivity contribution is -0.137. The molecular formula is C12H22O2. The molecule has 0 aliphatic heterocycles. The minimum Gasteiger partial charge on any atom is -0.387 e. The standard InChI is InChI=1S/C12H22O2/c1-5-7-9-11(3,13)12(4,14)10-8-6-2/h5-6,13-14H,1-2,7-10H2,3-4H3. The molecule has 2 unspecified atom stereocenters. The van der Waals surface area contributed by atoms with Gasteiger partial charge in [-0.3, -0.25) is 0 Å². The van der Waals surface area contributed by atoms with Crippen molar-refractivity contribution in [2.75, 3.05) is 0 Å². The summed E-state index contributed by atoms with van der Waals surface area (Å²) >= 11 is 0. The Morgan fingerprint density at radius 1 is 0.929 bits per heavy atom. The zero-order valence-corrected chi connectivity index (χ0v) is 9.29. The Balaban J connectivity index is 4.33. The summed E-state index contributed by atoms with van der Waals surface area (Å²) in [6, 6.07) is 0. The molecule has 0 bridgehead atoms. The van der Waals surface area contributed by atoms with E-state index in [4.69, 9.17) is 0 Å². The molecule has 2 atom stereocenters. The third-order valence-electron chi connectivity index (χ3n) is 2.83. The van der Waals surface area contributed by atoms with Crippen molar-refractivity contribution in [1.82, 2.24) is 0 Å². The molecule has 0 saturated heterocycles.